The van der Waals surface area contributed by atoms with Gasteiger partial charge in [-0.2, -0.15) is 11.8 Å². The van der Waals surface area contributed by atoms with E-state index in [1.54, 1.807) is 0 Å². The van der Waals surface area contributed by atoms with Crippen LogP contribution in [0, 0.1) is 0 Å². The summed E-state index contributed by atoms with van der Waals surface area (Å²) in [6.07, 6.45) is 6.36. The molecule has 0 spiro atoms. The minimum Gasteiger partial charge on any atom is -0.462 e. The first-order valence-corrected chi connectivity index (χ1v) is 10.8. The highest BCUT2D eigenvalue weighted by Crippen LogP contribution is 2.29. The zero-order valence-corrected chi connectivity index (χ0v) is 15.4. The van der Waals surface area contributed by atoms with Crippen molar-refractivity contribution in [1.29, 1.82) is 0 Å². The Kier molecular flexibility index (Phi) is 5.83. The van der Waals surface area contributed by atoms with Crippen molar-refractivity contribution in [2.45, 2.75) is 50.8 Å². The van der Waals surface area contributed by atoms with Gasteiger partial charge in [0.15, 0.2) is 0 Å². The summed E-state index contributed by atoms with van der Waals surface area (Å²) in [4.78, 5) is 5.28. The van der Waals surface area contributed by atoms with Gasteiger partial charge in [0.2, 0.25) is 0 Å². The van der Waals surface area contributed by atoms with Crippen LogP contribution in [0.3, 0.4) is 0 Å². The minimum absolute atomic E-state index is 0.190. The predicted octanol–water partition coefficient (Wildman–Crippen LogP) is 3.53. The van der Waals surface area contributed by atoms with E-state index in [2.05, 4.69) is 33.7 Å². The van der Waals surface area contributed by atoms with E-state index in [-0.39, 0.29) is 6.10 Å². The van der Waals surface area contributed by atoms with Crippen molar-refractivity contribution in [3.8, 4) is 0 Å². The SMILES string of the molecule is c1cc(C2CCCCO2)oc1CN1CCC(N2CCSCC2)CC1. The quantitative estimate of drug-likeness (QED) is 0.828. The Hall–Kier alpha value is -0.490. The molecule has 4 rings (SSSR count). The molecule has 4 heterocycles. The molecule has 3 saturated heterocycles. The van der Waals surface area contributed by atoms with E-state index in [0.717, 1.165) is 37.1 Å². The fourth-order valence-corrected chi connectivity index (χ4v) is 5.15. The van der Waals surface area contributed by atoms with Crippen molar-refractivity contribution in [2.24, 2.45) is 0 Å². The van der Waals surface area contributed by atoms with E-state index in [4.69, 9.17) is 9.15 Å². The molecular formula is C19H30N2O2S. The maximum Gasteiger partial charge on any atom is 0.133 e. The molecule has 3 aliphatic heterocycles. The van der Waals surface area contributed by atoms with Crippen molar-refractivity contribution in [3.63, 3.8) is 0 Å². The van der Waals surface area contributed by atoms with E-state index >= 15 is 0 Å². The highest BCUT2D eigenvalue weighted by molar-refractivity contribution is 7.99. The summed E-state index contributed by atoms with van der Waals surface area (Å²) in [6, 6.07) is 5.09. The summed E-state index contributed by atoms with van der Waals surface area (Å²) in [5, 5.41) is 0. The Labute approximate surface area is 149 Å². The third-order valence-electron chi connectivity index (χ3n) is 5.68. The molecule has 0 radical (unpaired) electrons. The molecule has 1 aromatic rings. The summed E-state index contributed by atoms with van der Waals surface area (Å²) < 4.78 is 11.9. The lowest BCUT2D eigenvalue weighted by Crippen LogP contribution is -2.47. The molecule has 3 aliphatic rings. The van der Waals surface area contributed by atoms with Gasteiger partial charge < -0.3 is 9.15 Å². The highest BCUT2D eigenvalue weighted by Gasteiger charge is 2.26. The van der Waals surface area contributed by atoms with Crippen LogP contribution in [0.1, 0.15) is 49.7 Å². The molecule has 1 unspecified atom stereocenters. The minimum atomic E-state index is 0.190. The Bertz CT molecular complexity index is 501. The Morgan fingerprint density at radius 1 is 1.00 bits per heavy atom. The van der Waals surface area contributed by atoms with E-state index in [9.17, 15) is 0 Å². The van der Waals surface area contributed by atoms with E-state index in [0.29, 0.717) is 0 Å². The molecule has 134 valence electrons. The van der Waals surface area contributed by atoms with E-state index < -0.39 is 0 Å². The van der Waals surface area contributed by atoms with Crippen molar-refractivity contribution in [1.82, 2.24) is 9.80 Å². The van der Waals surface area contributed by atoms with Crippen LogP contribution in [0.5, 0.6) is 0 Å². The number of ether oxygens (including phenoxy) is 1. The monoisotopic (exact) mass is 350 g/mol. The molecule has 0 amide bonds. The lowest BCUT2D eigenvalue weighted by atomic mass is 10.0. The van der Waals surface area contributed by atoms with Gasteiger partial charge in [-0.3, -0.25) is 9.80 Å². The standard InChI is InChI=1S/C19H30N2O2S/c1-2-12-22-18(3-1)19-5-4-17(23-19)15-20-8-6-16(7-9-20)21-10-13-24-14-11-21/h4-5,16,18H,1-3,6-15H2. The molecule has 0 aromatic carbocycles. The van der Waals surface area contributed by atoms with Gasteiger partial charge in [0.25, 0.3) is 0 Å². The Morgan fingerprint density at radius 3 is 2.58 bits per heavy atom. The molecule has 5 heteroatoms. The van der Waals surface area contributed by atoms with Crippen LogP contribution in [0.15, 0.2) is 16.5 Å². The zero-order chi connectivity index (χ0) is 16.2. The van der Waals surface area contributed by atoms with Gasteiger partial charge in [-0.25, -0.2) is 0 Å². The summed E-state index contributed by atoms with van der Waals surface area (Å²) in [5.74, 6) is 4.77. The molecule has 3 fully saturated rings. The number of thioether (sulfide) groups is 1. The molecule has 0 aliphatic carbocycles. The molecular weight excluding hydrogens is 320 g/mol. The molecule has 1 aromatic heterocycles. The Morgan fingerprint density at radius 2 is 1.83 bits per heavy atom. The predicted molar refractivity (Wildman–Crippen MR) is 98.4 cm³/mol. The normalized spacial score (nSPS) is 28.2. The number of rotatable bonds is 4. The van der Waals surface area contributed by atoms with Crippen molar-refractivity contribution < 1.29 is 9.15 Å². The van der Waals surface area contributed by atoms with Crippen LogP contribution >= 0.6 is 11.8 Å². The lowest BCUT2D eigenvalue weighted by Gasteiger charge is -2.39. The summed E-state index contributed by atoms with van der Waals surface area (Å²) >= 11 is 2.10. The second-order valence-corrected chi connectivity index (χ2v) is 8.54. The maximum absolute atomic E-state index is 6.09. The number of hydrogen-bond donors (Lipinski definition) is 0. The fraction of sp³-hybridized carbons (Fsp3) is 0.789. The molecule has 0 saturated carbocycles. The molecule has 0 bridgehead atoms. The van der Waals surface area contributed by atoms with Crippen LogP contribution in [0.25, 0.3) is 0 Å². The summed E-state index contributed by atoms with van der Waals surface area (Å²) in [6.45, 7) is 6.81. The third-order valence-corrected chi connectivity index (χ3v) is 6.62. The van der Waals surface area contributed by atoms with Gasteiger partial charge in [-0.1, -0.05) is 0 Å². The molecule has 1 atom stereocenters. The van der Waals surface area contributed by atoms with Crippen LogP contribution < -0.4 is 0 Å². The number of likely N-dealkylation sites (tertiary alicyclic amines) is 1. The van der Waals surface area contributed by atoms with Crippen LogP contribution in [0.4, 0.5) is 0 Å². The number of piperidine rings is 1. The topological polar surface area (TPSA) is 28.9 Å². The average Bonchev–Trinajstić information content (AvgIpc) is 3.12. The molecule has 0 N–H and O–H groups in total. The second kappa shape index (κ2) is 8.26. The lowest BCUT2D eigenvalue weighted by molar-refractivity contribution is 0.000657. The number of nitrogens with zero attached hydrogens (tertiary/aromatic N) is 2. The van der Waals surface area contributed by atoms with Gasteiger partial charge >= 0.3 is 0 Å². The van der Waals surface area contributed by atoms with Gasteiger partial charge in [-0.15, -0.1) is 0 Å². The van der Waals surface area contributed by atoms with E-state index in [1.807, 2.05) is 0 Å². The van der Waals surface area contributed by atoms with Crippen LogP contribution in [0.2, 0.25) is 0 Å². The van der Waals surface area contributed by atoms with Gasteiger partial charge in [0.05, 0.1) is 6.54 Å². The fourth-order valence-electron chi connectivity index (χ4n) is 4.22. The number of furan rings is 1. The highest BCUT2D eigenvalue weighted by atomic mass is 32.2. The van der Waals surface area contributed by atoms with Crippen LogP contribution in [-0.4, -0.2) is 60.1 Å². The first-order valence-electron chi connectivity index (χ1n) is 9.63. The average molecular weight is 351 g/mol. The molecule has 4 nitrogen and oxygen atoms in total. The van der Waals surface area contributed by atoms with E-state index in [1.165, 1.54) is 63.4 Å². The Balaban J connectivity index is 1.25. The number of hydrogen-bond acceptors (Lipinski definition) is 5. The largest absolute Gasteiger partial charge is 0.462 e. The summed E-state index contributed by atoms with van der Waals surface area (Å²) in [7, 11) is 0. The summed E-state index contributed by atoms with van der Waals surface area (Å²) in [5.41, 5.74) is 0. The third kappa shape index (κ3) is 4.18. The van der Waals surface area contributed by atoms with Crippen LogP contribution in [-0.2, 0) is 11.3 Å². The van der Waals surface area contributed by atoms with Crippen molar-refractivity contribution >= 4 is 11.8 Å². The van der Waals surface area contributed by atoms with Crippen molar-refractivity contribution in [2.75, 3.05) is 44.3 Å². The smallest absolute Gasteiger partial charge is 0.133 e. The zero-order valence-electron chi connectivity index (χ0n) is 14.6. The van der Waals surface area contributed by atoms with Gasteiger partial charge in [0.1, 0.15) is 17.6 Å². The molecule has 24 heavy (non-hydrogen) atoms. The van der Waals surface area contributed by atoms with Gasteiger partial charge in [0, 0.05) is 50.3 Å². The second-order valence-electron chi connectivity index (χ2n) is 7.31. The van der Waals surface area contributed by atoms with Gasteiger partial charge in [-0.05, 0) is 44.2 Å². The van der Waals surface area contributed by atoms with Crippen molar-refractivity contribution in [3.05, 3.63) is 23.7 Å². The first kappa shape index (κ1) is 17.0. The maximum atomic E-state index is 6.09. The first-order chi connectivity index (χ1) is 11.9.